The molecule has 1 aromatic heterocycles. The predicted octanol–water partition coefficient (Wildman–Crippen LogP) is 2.16. The van der Waals surface area contributed by atoms with Gasteiger partial charge in [-0.2, -0.15) is 0 Å². The van der Waals surface area contributed by atoms with E-state index in [4.69, 9.17) is 0 Å². The van der Waals surface area contributed by atoms with E-state index >= 15 is 0 Å². The lowest BCUT2D eigenvalue weighted by Gasteiger charge is -2.10. The van der Waals surface area contributed by atoms with Crippen LogP contribution < -0.4 is 0 Å². The van der Waals surface area contributed by atoms with E-state index in [9.17, 15) is 5.11 Å². The molecule has 0 radical (unpaired) electrons. The van der Waals surface area contributed by atoms with Crippen LogP contribution in [-0.2, 0) is 0 Å². The summed E-state index contributed by atoms with van der Waals surface area (Å²) in [6, 6.07) is 0. The van der Waals surface area contributed by atoms with Crippen LogP contribution in [0.3, 0.4) is 0 Å². The summed E-state index contributed by atoms with van der Waals surface area (Å²) >= 11 is 6.25. The fourth-order valence-electron chi connectivity index (χ4n) is 0.498. The van der Waals surface area contributed by atoms with Crippen LogP contribution >= 0.6 is 39.0 Å². The van der Waals surface area contributed by atoms with Gasteiger partial charge in [-0.1, -0.05) is 30.0 Å². The Hall–Kier alpha value is 0.350. The molecule has 0 aliphatic rings. The van der Waals surface area contributed by atoms with Gasteiger partial charge >= 0.3 is 0 Å². The number of hydrogen-bond donors (Lipinski definition) is 1. The predicted molar refractivity (Wildman–Crippen MR) is 54.6 cm³/mol. The van der Waals surface area contributed by atoms with Crippen molar-refractivity contribution in [1.29, 1.82) is 0 Å². The Morgan fingerprint density at radius 1 is 1.50 bits per heavy atom. The maximum Gasteiger partial charge on any atom is 0.184 e. The first-order valence-corrected chi connectivity index (χ1v) is 5.92. The number of halogens is 1. The molecule has 68 valence electrons. The molecule has 12 heavy (non-hydrogen) atoms. The summed E-state index contributed by atoms with van der Waals surface area (Å²) in [5.74, 6) is 0. The first-order valence-electron chi connectivity index (χ1n) is 3.43. The SMILES string of the molecule is CC(O)C(C)Sc1nnc(Br)s1. The lowest BCUT2D eigenvalue weighted by Crippen LogP contribution is -2.14. The van der Waals surface area contributed by atoms with Gasteiger partial charge in [-0.15, -0.1) is 10.2 Å². The van der Waals surface area contributed by atoms with Gasteiger partial charge in [-0.25, -0.2) is 0 Å². The first-order chi connectivity index (χ1) is 5.59. The van der Waals surface area contributed by atoms with E-state index in [0.29, 0.717) is 0 Å². The molecule has 0 saturated heterocycles. The zero-order valence-electron chi connectivity index (χ0n) is 6.69. The van der Waals surface area contributed by atoms with Crippen molar-refractivity contribution in [2.24, 2.45) is 0 Å². The lowest BCUT2D eigenvalue weighted by atomic mass is 10.3. The van der Waals surface area contributed by atoms with E-state index in [-0.39, 0.29) is 11.4 Å². The summed E-state index contributed by atoms with van der Waals surface area (Å²) in [6.45, 7) is 3.73. The van der Waals surface area contributed by atoms with Gasteiger partial charge in [0.15, 0.2) is 8.26 Å². The Labute approximate surface area is 87.7 Å². The number of hydrogen-bond acceptors (Lipinski definition) is 5. The van der Waals surface area contributed by atoms with Gasteiger partial charge in [-0.05, 0) is 22.9 Å². The van der Waals surface area contributed by atoms with E-state index in [1.807, 2.05) is 6.92 Å². The molecule has 3 nitrogen and oxygen atoms in total. The van der Waals surface area contributed by atoms with Gasteiger partial charge in [0.25, 0.3) is 0 Å². The maximum absolute atomic E-state index is 9.21. The largest absolute Gasteiger partial charge is 0.392 e. The second-order valence-electron chi connectivity index (χ2n) is 2.38. The molecule has 1 rings (SSSR count). The first kappa shape index (κ1) is 10.4. The molecule has 0 bridgehead atoms. The van der Waals surface area contributed by atoms with Crippen molar-refractivity contribution in [3.63, 3.8) is 0 Å². The van der Waals surface area contributed by atoms with E-state index in [1.165, 1.54) is 23.1 Å². The average molecular weight is 269 g/mol. The van der Waals surface area contributed by atoms with E-state index < -0.39 is 0 Å². The summed E-state index contributed by atoms with van der Waals surface area (Å²) < 4.78 is 1.66. The minimum absolute atomic E-state index is 0.157. The topological polar surface area (TPSA) is 46.0 Å². The number of nitrogens with zero attached hydrogens (tertiary/aromatic N) is 2. The van der Waals surface area contributed by atoms with Gasteiger partial charge < -0.3 is 5.11 Å². The normalized spacial score (nSPS) is 16.0. The summed E-state index contributed by atoms with van der Waals surface area (Å²) in [5, 5.41) is 17.1. The highest BCUT2D eigenvalue weighted by molar-refractivity contribution is 9.11. The van der Waals surface area contributed by atoms with Crippen LogP contribution in [0.2, 0.25) is 0 Å². The van der Waals surface area contributed by atoms with E-state index in [1.54, 1.807) is 6.92 Å². The molecule has 0 aromatic carbocycles. The summed E-state index contributed by atoms with van der Waals surface area (Å²) in [6.07, 6.45) is -0.322. The molecule has 0 fully saturated rings. The Morgan fingerprint density at radius 3 is 2.58 bits per heavy atom. The Morgan fingerprint density at radius 2 is 2.17 bits per heavy atom. The van der Waals surface area contributed by atoms with Crippen molar-refractivity contribution in [2.45, 2.75) is 29.5 Å². The maximum atomic E-state index is 9.21. The molecule has 0 amide bonds. The van der Waals surface area contributed by atoms with Crippen molar-refractivity contribution in [3.05, 3.63) is 3.92 Å². The molecular weight excluding hydrogens is 260 g/mol. The van der Waals surface area contributed by atoms with Crippen molar-refractivity contribution in [3.8, 4) is 0 Å². The van der Waals surface area contributed by atoms with Gasteiger partial charge in [0.1, 0.15) is 0 Å². The second-order valence-corrected chi connectivity index (χ2v) is 6.26. The van der Waals surface area contributed by atoms with E-state index in [0.717, 1.165) is 8.26 Å². The van der Waals surface area contributed by atoms with Crippen LogP contribution in [0.1, 0.15) is 13.8 Å². The van der Waals surface area contributed by atoms with Gasteiger partial charge in [0.05, 0.1) is 6.10 Å². The van der Waals surface area contributed by atoms with Gasteiger partial charge in [0.2, 0.25) is 0 Å². The zero-order chi connectivity index (χ0) is 9.14. The van der Waals surface area contributed by atoms with Crippen molar-refractivity contribution >= 4 is 39.0 Å². The smallest absolute Gasteiger partial charge is 0.184 e. The van der Waals surface area contributed by atoms with Crippen LogP contribution in [0.25, 0.3) is 0 Å². The standard InChI is InChI=1S/C6H9BrN2OS2/c1-3(10)4(2)11-6-9-8-5(7)12-6/h3-4,10H,1-2H3. The highest BCUT2D eigenvalue weighted by atomic mass is 79.9. The summed E-state index contributed by atoms with van der Waals surface area (Å²) in [7, 11) is 0. The quantitative estimate of drug-likeness (QED) is 0.854. The molecule has 2 unspecified atom stereocenters. The highest BCUT2D eigenvalue weighted by Crippen LogP contribution is 2.29. The minimum Gasteiger partial charge on any atom is -0.392 e. The van der Waals surface area contributed by atoms with Crippen molar-refractivity contribution in [1.82, 2.24) is 10.2 Å². The zero-order valence-corrected chi connectivity index (χ0v) is 9.91. The second kappa shape index (κ2) is 4.55. The number of aromatic nitrogens is 2. The highest BCUT2D eigenvalue weighted by Gasteiger charge is 2.12. The monoisotopic (exact) mass is 268 g/mol. The summed E-state index contributed by atoms with van der Waals surface area (Å²) in [5.41, 5.74) is 0. The van der Waals surface area contributed by atoms with Crippen LogP contribution in [0.4, 0.5) is 0 Å². The lowest BCUT2D eigenvalue weighted by molar-refractivity contribution is 0.196. The third-order valence-corrected chi connectivity index (χ3v) is 4.09. The van der Waals surface area contributed by atoms with E-state index in [2.05, 4.69) is 26.1 Å². The molecular formula is C6H9BrN2OS2. The fourth-order valence-corrected chi connectivity index (χ4v) is 3.15. The molecule has 1 aromatic rings. The molecule has 0 aliphatic heterocycles. The van der Waals surface area contributed by atoms with Crippen LogP contribution in [0.5, 0.6) is 0 Å². The Bertz CT molecular complexity index is 253. The average Bonchev–Trinajstić information content (AvgIpc) is 2.35. The molecule has 1 heterocycles. The van der Waals surface area contributed by atoms with Crippen LogP contribution in [0, 0.1) is 0 Å². The van der Waals surface area contributed by atoms with Crippen LogP contribution in [0.15, 0.2) is 8.26 Å². The van der Waals surface area contributed by atoms with Gasteiger partial charge in [0, 0.05) is 5.25 Å². The molecule has 6 heteroatoms. The number of aliphatic hydroxyl groups excluding tert-OH is 1. The molecule has 0 aliphatic carbocycles. The minimum atomic E-state index is -0.322. The third-order valence-electron chi connectivity index (χ3n) is 1.35. The van der Waals surface area contributed by atoms with Crippen molar-refractivity contribution < 1.29 is 5.11 Å². The third kappa shape index (κ3) is 3.01. The molecule has 2 atom stereocenters. The molecule has 1 N–H and O–H groups in total. The Kier molecular flexibility index (Phi) is 3.95. The fraction of sp³-hybridized carbons (Fsp3) is 0.667. The van der Waals surface area contributed by atoms with Gasteiger partial charge in [-0.3, -0.25) is 0 Å². The number of thioether (sulfide) groups is 1. The molecule has 0 saturated carbocycles. The van der Waals surface area contributed by atoms with Crippen LogP contribution in [-0.4, -0.2) is 26.7 Å². The van der Waals surface area contributed by atoms with Crippen molar-refractivity contribution in [2.75, 3.05) is 0 Å². The molecule has 0 spiro atoms. The summed E-state index contributed by atoms with van der Waals surface area (Å²) in [4.78, 5) is 0. The number of aliphatic hydroxyl groups is 1. The Balaban J connectivity index is 2.52. The number of rotatable bonds is 3.